The van der Waals surface area contributed by atoms with E-state index in [1.165, 1.54) is 6.07 Å². The molecule has 0 bridgehead atoms. The van der Waals surface area contributed by atoms with Gasteiger partial charge < -0.3 is 10.6 Å². The molecule has 2 rings (SSSR count). The van der Waals surface area contributed by atoms with Gasteiger partial charge in [-0.25, -0.2) is 14.4 Å². The fraction of sp³-hybridized carbons (Fsp3) is 0.286. The van der Waals surface area contributed by atoms with Crippen LogP contribution in [0.3, 0.4) is 0 Å². The maximum atomic E-state index is 13.6. The first-order chi connectivity index (χ1) is 9.53. The molecule has 0 spiro atoms. The van der Waals surface area contributed by atoms with E-state index in [-0.39, 0.29) is 5.82 Å². The van der Waals surface area contributed by atoms with E-state index < -0.39 is 0 Å². The standard InChI is InChI=1S/C14H16BrFN4/c1-4-12-19-13(17-3)7-14(20-12)18-11-6-10(16)9(15)5-8(11)2/h5-7H,4H2,1-3H3,(H2,17,18,19,20). The largest absolute Gasteiger partial charge is 0.373 e. The molecule has 2 N–H and O–H groups in total. The second-order valence-corrected chi connectivity index (χ2v) is 5.22. The molecule has 0 atom stereocenters. The van der Waals surface area contributed by atoms with Crippen LogP contribution in [0.15, 0.2) is 22.7 Å². The number of nitrogens with one attached hydrogen (secondary N) is 2. The number of rotatable bonds is 4. The summed E-state index contributed by atoms with van der Waals surface area (Å²) < 4.78 is 14.1. The fourth-order valence-electron chi connectivity index (χ4n) is 1.77. The predicted molar refractivity (Wildman–Crippen MR) is 83.1 cm³/mol. The van der Waals surface area contributed by atoms with Crippen LogP contribution in [0.4, 0.5) is 21.7 Å². The van der Waals surface area contributed by atoms with Crippen LogP contribution in [0, 0.1) is 12.7 Å². The molecule has 0 fully saturated rings. The molecule has 0 saturated heterocycles. The van der Waals surface area contributed by atoms with Crippen LogP contribution in [0.2, 0.25) is 0 Å². The first kappa shape index (κ1) is 14.7. The second-order valence-electron chi connectivity index (χ2n) is 4.36. The van der Waals surface area contributed by atoms with Crippen molar-refractivity contribution in [2.24, 2.45) is 0 Å². The summed E-state index contributed by atoms with van der Waals surface area (Å²) >= 11 is 3.17. The van der Waals surface area contributed by atoms with E-state index in [1.54, 1.807) is 19.2 Å². The van der Waals surface area contributed by atoms with Crippen LogP contribution in [0.25, 0.3) is 0 Å². The van der Waals surface area contributed by atoms with Gasteiger partial charge in [0.25, 0.3) is 0 Å². The molecule has 2 aromatic rings. The van der Waals surface area contributed by atoms with Gasteiger partial charge in [0, 0.05) is 25.2 Å². The zero-order chi connectivity index (χ0) is 14.7. The van der Waals surface area contributed by atoms with Crippen molar-refractivity contribution in [1.82, 2.24) is 9.97 Å². The van der Waals surface area contributed by atoms with Gasteiger partial charge in [-0.3, -0.25) is 0 Å². The topological polar surface area (TPSA) is 49.8 Å². The molecule has 0 radical (unpaired) electrons. The average molecular weight is 339 g/mol. The molecule has 0 saturated carbocycles. The minimum atomic E-state index is -0.309. The molecule has 0 unspecified atom stereocenters. The van der Waals surface area contributed by atoms with Gasteiger partial charge in [0.15, 0.2) is 0 Å². The number of benzene rings is 1. The summed E-state index contributed by atoms with van der Waals surface area (Å²) in [6.07, 6.45) is 0.734. The quantitative estimate of drug-likeness (QED) is 0.883. The van der Waals surface area contributed by atoms with E-state index in [0.717, 1.165) is 23.6 Å². The lowest BCUT2D eigenvalue weighted by molar-refractivity contribution is 0.621. The van der Waals surface area contributed by atoms with Gasteiger partial charge in [0.05, 0.1) is 4.47 Å². The van der Waals surface area contributed by atoms with E-state index in [4.69, 9.17) is 0 Å². The van der Waals surface area contributed by atoms with E-state index in [2.05, 4.69) is 36.5 Å². The number of hydrogen-bond donors (Lipinski definition) is 2. The molecule has 1 heterocycles. The van der Waals surface area contributed by atoms with Crippen LogP contribution in [-0.2, 0) is 6.42 Å². The molecule has 4 nitrogen and oxygen atoms in total. The molecule has 1 aromatic heterocycles. The Balaban J connectivity index is 2.36. The summed E-state index contributed by atoms with van der Waals surface area (Å²) in [5.41, 5.74) is 1.62. The van der Waals surface area contributed by atoms with Crippen LogP contribution in [-0.4, -0.2) is 17.0 Å². The molecule has 0 amide bonds. The van der Waals surface area contributed by atoms with E-state index in [1.807, 2.05) is 13.8 Å². The Kier molecular flexibility index (Phi) is 4.54. The highest BCUT2D eigenvalue weighted by molar-refractivity contribution is 9.10. The third kappa shape index (κ3) is 3.25. The number of anilines is 3. The Bertz CT molecular complexity index is 609. The van der Waals surface area contributed by atoms with Crippen molar-refractivity contribution in [3.63, 3.8) is 0 Å². The van der Waals surface area contributed by atoms with Crippen LogP contribution in [0.5, 0.6) is 0 Å². The summed E-state index contributed by atoms with van der Waals surface area (Å²) in [4.78, 5) is 8.71. The van der Waals surface area contributed by atoms with Crippen molar-refractivity contribution < 1.29 is 4.39 Å². The summed E-state index contributed by atoms with van der Waals surface area (Å²) in [5, 5.41) is 6.13. The highest BCUT2D eigenvalue weighted by Crippen LogP contribution is 2.26. The van der Waals surface area contributed by atoms with Crippen LogP contribution >= 0.6 is 15.9 Å². The van der Waals surface area contributed by atoms with Crippen LogP contribution < -0.4 is 10.6 Å². The van der Waals surface area contributed by atoms with Crippen molar-refractivity contribution in [3.05, 3.63) is 39.9 Å². The fourth-order valence-corrected chi connectivity index (χ4v) is 2.22. The highest BCUT2D eigenvalue weighted by Gasteiger charge is 2.08. The van der Waals surface area contributed by atoms with Gasteiger partial charge in [-0.1, -0.05) is 6.92 Å². The number of aromatic nitrogens is 2. The van der Waals surface area contributed by atoms with Gasteiger partial charge in [0.1, 0.15) is 23.3 Å². The molecule has 20 heavy (non-hydrogen) atoms. The maximum absolute atomic E-state index is 13.6. The lowest BCUT2D eigenvalue weighted by Gasteiger charge is -2.12. The predicted octanol–water partition coefficient (Wildman–Crippen LogP) is 4.03. The first-order valence-electron chi connectivity index (χ1n) is 6.32. The van der Waals surface area contributed by atoms with E-state index in [9.17, 15) is 4.39 Å². The van der Waals surface area contributed by atoms with E-state index in [0.29, 0.717) is 16.0 Å². The molecule has 1 aromatic carbocycles. The monoisotopic (exact) mass is 338 g/mol. The molecule has 0 aliphatic heterocycles. The van der Waals surface area contributed by atoms with Crippen molar-refractivity contribution >= 4 is 33.3 Å². The Labute approximate surface area is 126 Å². The Morgan fingerprint density at radius 1 is 1.20 bits per heavy atom. The summed E-state index contributed by atoms with van der Waals surface area (Å²) in [6, 6.07) is 4.98. The highest BCUT2D eigenvalue weighted by atomic mass is 79.9. The minimum absolute atomic E-state index is 0.309. The SMILES string of the molecule is CCc1nc(NC)cc(Nc2cc(F)c(Br)cc2C)n1. The summed E-state index contributed by atoms with van der Waals surface area (Å²) in [6.45, 7) is 3.90. The zero-order valence-electron chi connectivity index (χ0n) is 11.6. The van der Waals surface area contributed by atoms with Gasteiger partial charge in [0.2, 0.25) is 0 Å². The third-order valence-corrected chi connectivity index (χ3v) is 3.48. The average Bonchev–Trinajstić information content (AvgIpc) is 2.44. The molecule has 0 aliphatic carbocycles. The van der Waals surface area contributed by atoms with Crippen molar-refractivity contribution in [2.75, 3.05) is 17.7 Å². The number of nitrogens with zero attached hydrogens (tertiary/aromatic N) is 2. The first-order valence-corrected chi connectivity index (χ1v) is 7.11. The zero-order valence-corrected chi connectivity index (χ0v) is 13.2. The number of hydrogen-bond acceptors (Lipinski definition) is 4. The second kappa shape index (κ2) is 6.17. The van der Waals surface area contributed by atoms with Crippen molar-refractivity contribution in [2.45, 2.75) is 20.3 Å². The summed E-state index contributed by atoms with van der Waals surface area (Å²) in [7, 11) is 1.80. The van der Waals surface area contributed by atoms with Gasteiger partial charge in [-0.2, -0.15) is 0 Å². The maximum Gasteiger partial charge on any atom is 0.139 e. The van der Waals surface area contributed by atoms with Gasteiger partial charge in [-0.15, -0.1) is 0 Å². The summed E-state index contributed by atoms with van der Waals surface area (Å²) in [5.74, 6) is 1.80. The van der Waals surface area contributed by atoms with Gasteiger partial charge >= 0.3 is 0 Å². The minimum Gasteiger partial charge on any atom is -0.373 e. The van der Waals surface area contributed by atoms with Crippen molar-refractivity contribution in [1.29, 1.82) is 0 Å². The normalized spacial score (nSPS) is 10.4. The third-order valence-electron chi connectivity index (χ3n) is 2.87. The molecule has 6 heteroatoms. The van der Waals surface area contributed by atoms with Gasteiger partial charge in [-0.05, 0) is 40.5 Å². The van der Waals surface area contributed by atoms with Crippen LogP contribution in [0.1, 0.15) is 18.3 Å². The Hall–Kier alpha value is -1.69. The Morgan fingerprint density at radius 3 is 2.55 bits per heavy atom. The number of halogens is 2. The molecular weight excluding hydrogens is 323 g/mol. The lowest BCUT2D eigenvalue weighted by atomic mass is 10.2. The molecule has 0 aliphatic rings. The number of aryl methyl sites for hydroxylation is 2. The Morgan fingerprint density at radius 2 is 1.90 bits per heavy atom. The van der Waals surface area contributed by atoms with E-state index >= 15 is 0 Å². The smallest absolute Gasteiger partial charge is 0.139 e. The molecule has 106 valence electrons. The molecular formula is C14H16BrFN4. The lowest BCUT2D eigenvalue weighted by Crippen LogP contribution is -2.04. The van der Waals surface area contributed by atoms with Crippen molar-refractivity contribution in [3.8, 4) is 0 Å².